The van der Waals surface area contributed by atoms with Crippen molar-refractivity contribution in [3.63, 3.8) is 0 Å². The number of amides is 2. The van der Waals surface area contributed by atoms with Crippen LogP contribution in [0.5, 0.6) is 0 Å². The highest BCUT2D eigenvalue weighted by atomic mass is 19.4. The third kappa shape index (κ3) is 4.32. The minimum absolute atomic E-state index is 0.216. The van der Waals surface area contributed by atoms with Gasteiger partial charge in [-0.05, 0) is 24.5 Å². The minimum Gasteiger partial charge on any atom is -0.381 e. The van der Waals surface area contributed by atoms with Crippen molar-refractivity contribution >= 4 is 11.8 Å². The summed E-state index contributed by atoms with van der Waals surface area (Å²) in [6.07, 6.45) is 0.450. The van der Waals surface area contributed by atoms with Crippen LogP contribution in [0.4, 0.5) is 13.2 Å². The molecule has 0 spiro atoms. The van der Waals surface area contributed by atoms with Crippen LogP contribution in [0.2, 0.25) is 0 Å². The summed E-state index contributed by atoms with van der Waals surface area (Å²) in [7, 11) is 0. The summed E-state index contributed by atoms with van der Waals surface area (Å²) in [5.41, 5.74) is -1.25. The Morgan fingerprint density at radius 3 is 2.31 bits per heavy atom. The summed E-state index contributed by atoms with van der Waals surface area (Å²) in [4.78, 5) is 37.4. The molecule has 170 valence electrons. The molecular weight excluding hydrogens is 425 g/mol. The van der Waals surface area contributed by atoms with E-state index in [0.717, 1.165) is 12.1 Å². The molecule has 1 aromatic carbocycles. The van der Waals surface area contributed by atoms with E-state index in [4.69, 9.17) is 4.74 Å². The topological polar surface area (TPSA) is 75.6 Å². The van der Waals surface area contributed by atoms with Gasteiger partial charge in [-0.15, -0.1) is 0 Å². The van der Waals surface area contributed by atoms with Gasteiger partial charge in [0.05, 0.1) is 17.2 Å². The predicted octanol–water partition coefficient (Wildman–Crippen LogP) is 2.53. The van der Waals surface area contributed by atoms with E-state index >= 15 is 0 Å². The standard InChI is InChI=1S/C22H23F3N4O3/c23-22(24,25)17-3-1-2-16(14-17)21(4-12-32-13-5-21)20(31)29-10-8-28(9-11-29)19(30)18-15-26-6-7-27-18/h1-3,6-7,14-15H,4-5,8-13H2. The molecule has 7 nitrogen and oxygen atoms in total. The highest BCUT2D eigenvalue weighted by Gasteiger charge is 2.45. The predicted molar refractivity (Wildman–Crippen MR) is 108 cm³/mol. The summed E-state index contributed by atoms with van der Waals surface area (Å²) in [5, 5.41) is 0. The van der Waals surface area contributed by atoms with Crippen LogP contribution in [0, 0.1) is 0 Å². The van der Waals surface area contributed by atoms with Crippen LogP contribution in [0.3, 0.4) is 0 Å². The monoisotopic (exact) mass is 448 g/mol. The molecule has 3 heterocycles. The van der Waals surface area contributed by atoms with E-state index in [0.29, 0.717) is 57.8 Å². The Hall–Kier alpha value is -3.01. The number of ether oxygens (including phenoxy) is 1. The molecule has 0 radical (unpaired) electrons. The van der Waals surface area contributed by atoms with Crippen LogP contribution < -0.4 is 0 Å². The minimum atomic E-state index is -4.49. The molecule has 2 aromatic rings. The smallest absolute Gasteiger partial charge is 0.381 e. The lowest BCUT2D eigenvalue weighted by atomic mass is 9.72. The normalized spacial score (nSPS) is 19.0. The molecule has 0 N–H and O–H groups in total. The average Bonchev–Trinajstić information content (AvgIpc) is 2.84. The largest absolute Gasteiger partial charge is 0.416 e. The van der Waals surface area contributed by atoms with Crippen molar-refractivity contribution < 1.29 is 27.5 Å². The van der Waals surface area contributed by atoms with Crippen molar-refractivity contribution in [1.29, 1.82) is 0 Å². The second kappa shape index (κ2) is 8.85. The summed E-state index contributed by atoms with van der Waals surface area (Å²) in [6, 6.07) is 5.03. The Balaban J connectivity index is 1.53. The molecule has 0 aliphatic carbocycles. The van der Waals surface area contributed by atoms with Crippen molar-refractivity contribution in [3.8, 4) is 0 Å². The first-order valence-corrected chi connectivity index (χ1v) is 10.4. The number of piperazine rings is 1. The van der Waals surface area contributed by atoms with Gasteiger partial charge in [0.1, 0.15) is 5.69 Å². The number of carbonyl (C=O) groups is 2. The molecule has 2 aliphatic rings. The molecule has 2 saturated heterocycles. The number of benzene rings is 1. The Morgan fingerprint density at radius 1 is 1.00 bits per heavy atom. The third-order valence-electron chi connectivity index (χ3n) is 6.13. The fourth-order valence-electron chi connectivity index (χ4n) is 4.33. The second-order valence-electron chi connectivity index (χ2n) is 7.95. The molecule has 10 heteroatoms. The highest BCUT2D eigenvalue weighted by molar-refractivity contribution is 5.92. The van der Waals surface area contributed by atoms with Crippen LogP contribution in [0.15, 0.2) is 42.9 Å². The lowest BCUT2D eigenvalue weighted by molar-refractivity contribution is -0.143. The van der Waals surface area contributed by atoms with Crippen molar-refractivity contribution in [1.82, 2.24) is 19.8 Å². The number of hydrogen-bond donors (Lipinski definition) is 0. The number of aromatic nitrogens is 2. The van der Waals surface area contributed by atoms with Gasteiger partial charge in [-0.25, -0.2) is 4.98 Å². The fourth-order valence-corrected chi connectivity index (χ4v) is 4.33. The molecule has 2 amide bonds. The molecule has 4 rings (SSSR count). The van der Waals surface area contributed by atoms with E-state index < -0.39 is 17.2 Å². The number of hydrogen-bond acceptors (Lipinski definition) is 5. The first-order chi connectivity index (χ1) is 15.3. The molecule has 0 atom stereocenters. The number of nitrogens with zero attached hydrogens (tertiary/aromatic N) is 4. The summed E-state index contributed by atoms with van der Waals surface area (Å²) < 4.78 is 45.3. The lowest BCUT2D eigenvalue weighted by Crippen LogP contribution is -2.56. The van der Waals surface area contributed by atoms with Gasteiger partial charge in [-0.1, -0.05) is 18.2 Å². The van der Waals surface area contributed by atoms with Crippen LogP contribution >= 0.6 is 0 Å². The van der Waals surface area contributed by atoms with E-state index in [-0.39, 0.29) is 17.5 Å². The molecule has 1 aromatic heterocycles. The lowest BCUT2D eigenvalue weighted by Gasteiger charge is -2.43. The Morgan fingerprint density at radius 2 is 1.69 bits per heavy atom. The highest BCUT2D eigenvalue weighted by Crippen LogP contribution is 2.39. The molecule has 2 fully saturated rings. The Kier molecular flexibility index (Phi) is 6.14. The fraction of sp³-hybridized carbons (Fsp3) is 0.455. The van der Waals surface area contributed by atoms with E-state index in [1.165, 1.54) is 24.7 Å². The summed E-state index contributed by atoms with van der Waals surface area (Å²) in [5.74, 6) is -0.476. The number of halogens is 3. The zero-order chi connectivity index (χ0) is 22.8. The molecular formula is C22H23F3N4O3. The van der Waals surface area contributed by atoms with Gasteiger partial charge < -0.3 is 14.5 Å². The molecule has 32 heavy (non-hydrogen) atoms. The van der Waals surface area contributed by atoms with Gasteiger partial charge in [-0.2, -0.15) is 13.2 Å². The molecule has 0 saturated carbocycles. The number of carbonyl (C=O) groups excluding carboxylic acids is 2. The first-order valence-electron chi connectivity index (χ1n) is 10.4. The van der Waals surface area contributed by atoms with Crippen molar-refractivity contribution in [3.05, 3.63) is 59.7 Å². The SMILES string of the molecule is O=C(c1cnccn1)N1CCN(C(=O)C2(c3cccc(C(F)(F)F)c3)CCOCC2)CC1. The maximum Gasteiger partial charge on any atom is 0.416 e. The number of alkyl halides is 3. The Bertz CT molecular complexity index is 970. The zero-order valence-corrected chi connectivity index (χ0v) is 17.3. The van der Waals surface area contributed by atoms with Gasteiger partial charge in [-0.3, -0.25) is 14.6 Å². The zero-order valence-electron chi connectivity index (χ0n) is 17.3. The average molecular weight is 448 g/mol. The van der Waals surface area contributed by atoms with E-state index in [9.17, 15) is 22.8 Å². The number of rotatable bonds is 3. The van der Waals surface area contributed by atoms with Gasteiger partial charge in [0.25, 0.3) is 5.91 Å². The second-order valence-corrected chi connectivity index (χ2v) is 7.95. The first kappa shape index (κ1) is 22.2. The maximum absolute atomic E-state index is 13.6. The quantitative estimate of drug-likeness (QED) is 0.722. The van der Waals surface area contributed by atoms with Crippen molar-refractivity contribution in [2.75, 3.05) is 39.4 Å². The van der Waals surface area contributed by atoms with Crippen LogP contribution in [-0.4, -0.2) is 71.0 Å². The third-order valence-corrected chi connectivity index (χ3v) is 6.13. The summed E-state index contributed by atoms with van der Waals surface area (Å²) in [6.45, 7) is 1.83. The van der Waals surface area contributed by atoms with Gasteiger partial charge in [0, 0.05) is 51.8 Å². The van der Waals surface area contributed by atoms with Crippen LogP contribution in [0.25, 0.3) is 0 Å². The van der Waals surface area contributed by atoms with E-state index in [1.807, 2.05) is 0 Å². The van der Waals surface area contributed by atoms with Gasteiger partial charge >= 0.3 is 6.18 Å². The van der Waals surface area contributed by atoms with Crippen LogP contribution in [-0.2, 0) is 21.1 Å². The molecule has 2 aliphatic heterocycles. The molecule has 0 unspecified atom stereocenters. The van der Waals surface area contributed by atoms with E-state index in [2.05, 4.69) is 9.97 Å². The van der Waals surface area contributed by atoms with Crippen molar-refractivity contribution in [2.45, 2.75) is 24.4 Å². The van der Waals surface area contributed by atoms with Gasteiger partial charge in [0.15, 0.2) is 0 Å². The Labute approximate surface area is 183 Å². The summed E-state index contributed by atoms with van der Waals surface area (Å²) >= 11 is 0. The van der Waals surface area contributed by atoms with E-state index in [1.54, 1.807) is 15.9 Å². The molecule has 0 bridgehead atoms. The van der Waals surface area contributed by atoms with Gasteiger partial charge in [0.2, 0.25) is 5.91 Å². The van der Waals surface area contributed by atoms with Crippen molar-refractivity contribution in [2.24, 2.45) is 0 Å². The van der Waals surface area contributed by atoms with Crippen LogP contribution in [0.1, 0.15) is 34.5 Å². The maximum atomic E-state index is 13.6.